The fourth-order valence-corrected chi connectivity index (χ4v) is 6.30. The van der Waals surface area contributed by atoms with Gasteiger partial charge < -0.3 is 34.9 Å². The Morgan fingerprint density at radius 3 is 2.43 bits per heavy atom. The lowest BCUT2D eigenvalue weighted by molar-refractivity contribution is -0.133. The molecule has 0 saturated carbocycles. The first-order chi connectivity index (χ1) is 20.4. The van der Waals surface area contributed by atoms with Gasteiger partial charge in [-0.2, -0.15) is 0 Å². The molecule has 42 heavy (non-hydrogen) atoms. The van der Waals surface area contributed by atoms with Crippen LogP contribution >= 0.6 is 12.2 Å². The summed E-state index contributed by atoms with van der Waals surface area (Å²) in [4.78, 5) is 25.8. The summed E-state index contributed by atoms with van der Waals surface area (Å²) in [5.41, 5.74) is 5.69. The Morgan fingerprint density at radius 1 is 0.905 bits per heavy atom. The van der Waals surface area contributed by atoms with Crippen LogP contribution in [0.5, 0.6) is 0 Å². The minimum Gasteiger partial charge on any atom is -0.362 e. The summed E-state index contributed by atoms with van der Waals surface area (Å²) < 4.78 is 2.14. The number of para-hydroxylation sites is 1. The second kappa shape index (κ2) is 12.8. The number of carbonyl (C=O) groups is 1. The molecule has 0 unspecified atom stereocenters. The maximum Gasteiger partial charge on any atom is 0.242 e. The van der Waals surface area contributed by atoms with Crippen LogP contribution in [-0.2, 0) is 24.3 Å². The molecule has 2 aliphatic rings. The highest BCUT2D eigenvalue weighted by Gasteiger charge is 2.22. The average Bonchev–Trinajstić information content (AvgIpc) is 3.55. The number of aromatic nitrogens is 2. The van der Waals surface area contributed by atoms with Crippen molar-refractivity contribution in [2.24, 2.45) is 0 Å². The molecular weight excluding hydrogens is 544 g/mol. The van der Waals surface area contributed by atoms with Crippen LogP contribution in [0.15, 0.2) is 54.9 Å². The van der Waals surface area contributed by atoms with Gasteiger partial charge in [0.05, 0.1) is 5.52 Å². The Bertz CT molecular complexity index is 1540. The summed E-state index contributed by atoms with van der Waals surface area (Å²) in [7, 11) is 4.30. The number of anilines is 1. The zero-order valence-electron chi connectivity index (χ0n) is 24.7. The van der Waals surface area contributed by atoms with E-state index >= 15 is 0 Å². The molecule has 9 nitrogen and oxygen atoms in total. The van der Waals surface area contributed by atoms with Gasteiger partial charge in [-0.3, -0.25) is 9.69 Å². The van der Waals surface area contributed by atoms with Gasteiger partial charge in [-0.1, -0.05) is 24.3 Å². The summed E-state index contributed by atoms with van der Waals surface area (Å²) in [5, 5.41) is 9.79. The van der Waals surface area contributed by atoms with Gasteiger partial charge in [0, 0.05) is 99.8 Å². The number of benzene rings is 2. The molecule has 2 fully saturated rings. The number of nitrogens with one attached hydrogen (secondary N) is 3. The van der Waals surface area contributed by atoms with Crippen molar-refractivity contribution in [2.45, 2.75) is 19.5 Å². The molecule has 3 N–H and O–H groups in total. The molecule has 1 amide bonds. The van der Waals surface area contributed by atoms with E-state index in [-0.39, 0.29) is 5.91 Å². The Morgan fingerprint density at radius 2 is 1.64 bits per heavy atom. The van der Waals surface area contributed by atoms with E-state index in [1.807, 2.05) is 11.0 Å². The molecular formula is C32H42N8OS. The van der Waals surface area contributed by atoms with Gasteiger partial charge in [0.1, 0.15) is 6.54 Å². The molecule has 0 radical (unpaired) electrons. The number of amides is 1. The first-order valence-corrected chi connectivity index (χ1v) is 15.4. The number of carbonyl (C=O) groups excluding carboxylic acids is 1. The number of H-pyrrole nitrogens is 1. The Labute approximate surface area is 253 Å². The van der Waals surface area contributed by atoms with Gasteiger partial charge >= 0.3 is 0 Å². The lowest BCUT2D eigenvalue weighted by Gasteiger charge is -2.32. The van der Waals surface area contributed by atoms with E-state index in [0.29, 0.717) is 11.7 Å². The molecule has 0 atom stereocenters. The number of piperazine rings is 2. The summed E-state index contributed by atoms with van der Waals surface area (Å²) in [6, 6.07) is 14.8. The van der Waals surface area contributed by atoms with E-state index in [2.05, 4.69) is 97.8 Å². The third kappa shape index (κ3) is 6.62. The molecule has 2 aliphatic heterocycles. The van der Waals surface area contributed by atoms with Gasteiger partial charge in [0.2, 0.25) is 5.91 Å². The highest BCUT2D eigenvalue weighted by Crippen LogP contribution is 2.27. The normalized spacial score (nSPS) is 17.2. The van der Waals surface area contributed by atoms with Crippen molar-refractivity contribution in [2.75, 3.05) is 78.3 Å². The lowest BCUT2D eigenvalue weighted by Crippen LogP contribution is -2.48. The minimum atomic E-state index is 0.180. The highest BCUT2D eigenvalue weighted by molar-refractivity contribution is 7.80. The monoisotopic (exact) mass is 586 g/mol. The van der Waals surface area contributed by atoms with Crippen LogP contribution in [0.3, 0.4) is 0 Å². The second-order valence-electron chi connectivity index (χ2n) is 11.8. The predicted octanol–water partition coefficient (Wildman–Crippen LogP) is 3.17. The van der Waals surface area contributed by atoms with Crippen molar-refractivity contribution in [1.29, 1.82) is 0 Å². The van der Waals surface area contributed by atoms with E-state index in [4.69, 9.17) is 12.2 Å². The summed E-state index contributed by atoms with van der Waals surface area (Å²) in [6.45, 7) is 9.67. The molecule has 0 aliphatic carbocycles. The van der Waals surface area contributed by atoms with Crippen LogP contribution in [0.2, 0.25) is 0 Å². The quantitative estimate of drug-likeness (QED) is 0.274. The van der Waals surface area contributed by atoms with E-state index < -0.39 is 0 Å². The molecule has 10 heteroatoms. The van der Waals surface area contributed by atoms with Crippen LogP contribution in [-0.4, -0.2) is 113 Å². The first-order valence-electron chi connectivity index (χ1n) is 15.0. The Kier molecular flexibility index (Phi) is 8.76. The smallest absolute Gasteiger partial charge is 0.242 e. The number of hydrogen-bond donors (Lipinski definition) is 3. The molecule has 0 spiro atoms. The molecule has 6 rings (SSSR count). The van der Waals surface area contributed by atoms with Gasteiger partial charge in [0.15, 0.2) is 5.11 Å². The Balaban J connectivity index is 1.15. The maximum absolute atomic E-state index is 13.3. The number of hydrogen-bond acceptors (Lipinski definition) is 5. The molecule has 2 saturated heterocycles. The number of aromatic amines is 1. The predicted molar refractivity (Wildman–Crippen MR) is 175 cm³/mol. The van der Waals surface area contributed by atoms with Crippen molar-refractivity contribution in [3.8, 4) is 0 Å². The Hall–Kier alpha value is -3.44. The summed E-state index contributed by atoms with van der Waals surface area (Å²) in [6.07, 6.45) is 5.14. The van der Waals surface area contributed by atoms with Crippen LogP contribution in [0.4, 0.5) is 5.69 Å². The molecule has 0 bridgehead atoms. The third-order valence-corrected chi connectivity index (χ3v) is 8.98. The van der Waals surface area contributed by atoms with Crippen LogP contribution in [0.1, 0.15) is 11.1 Å². The zero-order chi connectivity index (χ0) is 29.1. The van der Waals surface area contributed by atoms with E-state index in [0.717, 1.165) is 88.6 Å². The average molecular weight is 587 g/mol. The third-order valence-electron chi connectivity index (χ3n) is 8.73. The largest absolute Gasteiger partial charge is 0.362 e. The van der Waals surface area contributed by atoms with Gasteiger partial charge in [-0.15, -0.1) is 0 Å². The van der Waals surface area contributed by atoms with Crippen molar-refractivity contribution in [1.82, 2.24) is 34.5 Å². The SMILES string of the molecule is CN1CCN(Cc2cn(CC(=O)N3CCN(C)CC3)c3cc(NC(=S)NCCc4c[nH]c5ccccc45)ccc23)CC1. The van der Waals surface area contributed by atoms with Crippen molar-refractivity contribution in [3.05, 3.63) is 66.0 Å². The van der Waals surface area contributed by atoms with Crippen molar-refractivity contribution in [3.63, 3.8) is 0 Å². The second-order valence-corrected chi connectivity index (χ2v) is 12.2. The van der Waals surface area contributed by atoms with E-state index in [1.165, 1.54) is 21.9 Å². The van der Waals surface area contributed by atoms with Gasteiger partial charge in [-0.05, 0) is 62.1 Å². The van der Waals surface area contributed by atoms with Crippen molar-refractivity contribution < 1.29 is 4.79 Å². The van der Waals surface area contributed by atoms with Gasteiger partial charge in [0.25, 0.3) is 0 Å². The summed E-state index contributed by atoms with van der Waals surface area (Å²) in [5.74, 6) is 0.180. The lowest BCUT2D eigenvalue weighted by atomic mass is 10.1. The highest BCUT2D eigenvalue weighted by atomic mass is 32.1. The van der Waals surface area contributed by atoms with Crippen molar-refractivity contribution >= 4 is 50.7 Å². The van der Waals surface area contributed by atoms with Gasteiger partial charge in [-0.25, -0.2) is 0 Å². The fourth-order valence-electron chi connectivity index (χ4n) is 6.08. The van der Waals surface area contributed by atoms with E-state index in [9.17, 15) is 4.79 Å². The molecule has 2 aromatic heterocycles. The molecule has 4 aromatic rings. The van der Waals surface area contributed by atoms with Crippen LogP contribution < -0.4 is 10.6 Å². The number of likely N-dealkylation sites (N-methyl/N-ethyl adjacent to an activating group) is 2. The molecule has 222 valence electrons. The maximum atomic E-state index is 13.3. The zero-order valence-corrected chi connectivity index (χ0v) is 25.6. The fraction of sp³-hybridized carbons (Fsp3) is 0.438. The number of fused-ring (bicyclic) bond motifs is 2. The summed E-state index contributed by atoms with van der Waals surface area (Å²) >= 11 is 5.66. The first kappa shape index (κ1) is 28.7. The number of thiocarbonyl (C=S) groups is 1. The van der Waals surface area contributed by atoms with Crippen LogP contribution in [0.25, 0.3) is 21.8 Å². The number of nitrogens with zero attached hydrogens (tertiary/aromatic N) is 5. The molecule has 2 aromatic carbocycles. The van der Waals surface area contributed by atoms with Crippen LogP contribution in [0, 0.1) is 0 Å². The number of rotatable bonds is 8. The topological polar surface area (TPSA) is 74.8 Å². The minimum absolute atomic E-state index is 0.180. The standard InChI is InChI=1S/C32H42N8OS/c1-36-11-15-38(16-12-36)21-25-22-40(23-31(41)39-17-13-37(2)14-18-39)30-19-26(7-8-28(25)30)35-32(42)33-10-9-24-20-34-29-6-4-3-5-27(24)29/h3-8,19-20,22,34H,9-18,21,23H2,1-2H3,(H2,33,35,42). The van der Waals surface area contributed by atoms with E-state index in [1.54, 1.807) is 0 Å². The molecule has 4 heterocycles.